The number of amides is 2. The maximum absolute atomic E-state index is 12.9. The number of hydrogen-bond acceptors (Lipinski definition) is 5. The summed E-state index contributed by atoms with van der Waals surface area (Å²) in [5.41, 5.74) is 6.93. The molecule has 3 aliphatic rings. The van der Waals surface area contributed by atoms with E-state index in [0.29, 0.717) is 37.3 Å². The van der Waals surface area contributed by atoms with Crippen LogP contribution in [0, 0.1) is 0 Å². The van der Waals surface area contributed by atoms with Gasteiger partial charge < -0.3 is 25.3 Å². The summed E-state index contributed by atoms with van der Waals surface area (Å²) in [4.78, 5) is 44.4. The van der Waals surface area contributed by atoms with Crippen molar-refractivity contribution in [2.75, 3.05) is 39.4 Å². The summed E-state index contributed by atoms with van der Waals surface area (Å²) in [6.45, 7) is 2.33. The van der Waals surface area contributed by atoms with Crippen LogP contribution in [0.15, 0.2) is 35.1 Å². The molecule has 0 bridgehead atoms. The molecule has 2 aliphatic heterocycles. The number of carbonyl (C=O) groups is 2. The number of ether oxygens (including phenoxy) is 1. The predicted octanol–water partition coefficient (Wildman–Crippen LogP) is -0.591. The van der Waals surface area contributed by atoms with Crippen molar-refractivity contribution in [2.45, 2.75) is 18.4 Å². The van der Waals surface area contributed by atoms with Crippen LogP contribution in [0.2, 0.25) is 0 Å². The molecule has 3 N–H and O–H groups in total. The molecule has 1 aromatic carbocycles. The van der Waals surface area contributed by atoms with Crippen molar-refractivity contribution >= 4 is 24.0 Å². The zero-order valence-electron chi connectivity index (χ0n) is 17.8. The molecule has 166 valence electrons. The SMILES string of the molecule is NC1(C(=O)N2CCN(C(=O)c3ccc(-c4cc5c([nH]c4=O)=CCCC=5)cc3)CC2)COC1. The first kappa shape index (κ1) is 20.7. The fraction of sp³-hybridized carbons (Fsp3) is 0.375. The number of fused-ring (bicyclic) bond motifs is 1. The number of pyridine rings is 1. The first-order chi connectivity index (χ1) is 15.4. The van der Waals surface area contributed by atoms with Crippen molar-refractivity contribution in [1.82, 2.24) is 14.8 Å². The van der Waals surface area contributed by atoms with E-state index in [0.717, 1.165) is 29.0 Å². The number of nitrogens with one attached hydrogen (secondary N) is 1. The van der Waals surface area contributed by atoms with Crippen LogP contribution in [-0.4, -0.2) is 71.5 Å². The van der Waals surface area contributed by atoms with Gasteiger partial charge in [-0.25, -0.2) is 0 Å². The second kappa shape index (κ2) is 8.03. The minimum Gasteiger partial charge on any atom is -0.376 e. The van der Waals surface area contributed by atoms with Crippen LogP contribution in [0.5, 0.6) is 0 Å². The number of H-pyrrole nitrogens is 1. The van der Waals surface area contributed by atoms with E-state index >= 15 is 0 Å². The first-order valence-electron chi connectivity index (χ1n) is 10.9. The molecule has 2 amide bonds. The molecule has 0 atom stereocenters. The lowest BCUT2D eigenvalue weighted by Gasteiger charge is -2.43. The molecule has 0 spiro atoms. The van der Waals surface area contributed by atoms with Crippen LogP contribution in [0.25, 0.3) is 23.3 Å². The van der Waals surface area contributed by atoms with E-state index in [4.69, 9.17) is 10.5 Å². The molecule has 0 unspecified atom stereocenters. The Morgan fingerprint density at radius 1 is 0.969 bits per heavy atom. The number of benzene rings is 1. The summed E-state index contributed by atoms with van der Waals surface area (Å²) in [5, 5.41) is 1.91. The molecule has 2 aromatic rings. The zero-order valence-corrected chi connectivity index (χ0v) is 17.8. The Hall–Kier alpha value is -3.23. The quantitative estimate of drug-likeness (QED) is 0.671. The normalized spacial score (nSPS) is 19.3. The van der Waals surface area contributed by atoms with Gasteiger partial charge in [-0.15, -0.1) is 0 Å². The molecule has 1 aliphatic carbocycles. The van der Waals surface area contributed by atoms with Crippen molar-refractivity contribution in [3.63, 3.8) is 0 Å². The third kappa shape index (κ3) is 3.65. The van der Waals surface area contributed by atoms with E-state index in [2.05, 4.69) is 11.1 Å². The van der Waals surface area contributed by atoms with Crippen LogP contribution in [-0.2, 0) is 9.53 Å². The third-order valence-corrected chi connectivity index (χ3v) is 6.43. The van der Waals surface area contributed by atoms with Crippen LogP contribution in [0.1, 0.15) is 23.2 Å². The molecule has 8 nitrogen and oxygen atoms in total. The zero-order chi connectivity index (χ0) is 22.3. The van der Waals surface area contributed by atoms with E-state index in [1.165, 1.54) is 0 Å². The molecule has 0 radical (unpaired) electrons. The molecule has 2 fully saturated rings. The number of hydrogen-bond donors (Lipinski definition) is 2. The summed E-state index contributed by atoms with van der Waals surface area (Å²) in [6.07, 6.45) is 6.07. The van der Waals surface area contributed by atoms with Gasteiger partial charge in [-0.2, -0.15) is 0 Å². The predicted molar refractivity (Wildman–Crippen MR) is 120 cm³/mol. The Morgan fingerprint density at radius 2 is 1.62 bits per heavy atom. The van der Waals surface area contributed by atoms with E-state index in [1.54, 1.807) is 21.9 Å². The summed E-state index contributed by atoms with van der Waals surface area (Å²) >= 11 is 0. The van der Waals surface area contributed by atoms with Crippen LogP contribution >= 0.6 is 0 Å². The van der Waals surface area contributed by atoms with Crippen LogP contribution in [0.3, 0.4) is 0 Å². The largest absolute Gasteiger partial charge is 0.376 e. The highest BCUT2D eigenvalue weighted by Gasteiger charge is 2.45. The number of rotatable bonds is 3. The van der Waals surface area contributed by atoms with Crippen LogP contribution < -0.4 is 21.9 Å². The van der Waals surface area contributed by atoms with Gasteiger partial charge in [0.05, 0.1) is 13.2 Å². The van der Waals surface area contributed by atoms with Gasteiger partial charge in [0.1, 0.15) is 5.54 Å². The lowest BCUT2D eigenvalue weighted by Crippen LogP contribution is -2.68. The van der Waals surface area contributed by atoms with Gasteiger partial charge in [0.15, 0.2) is 0 Å². The topological polar surface area (TPSA) is 109 Å². The van der Waals surface area contributed by atoms with E-state index < -0.39 is 5.54 Å². The molecule has 0 saturated carbocycles. The molecule has 8 heteroatoms. The average molecular weight is 434 g/mol. The lowest BCUT2D eigenvalue weighted by molar-refractivity contribution is -0.155. The molecule has 2 saturated heterocycles. The number of carbonyl (C=O) groups excluding carboxylic acids is 2. The Morgan fingerprint density at radius 3 is 2.28 bits per heavy atom. The summed E-state index contributed by atoms with van der Waals surface area (Å²) < 4.78 is 5.08. The number of piperazine rings is 1. The number of aromatic nitrogens is 1. The fourth-order valence-corrected chi connectivity index (χ4v) is 4.43. The third-order valence-electron chi connectivity index (χ3n) is 6.43. The monoisotopic (exact) mass is 434 g/mol. The minimum atomic E-state index is -0.910. The van der Waals surface area contributed by atoms with Gasteiger partial charge in [-0.1, -0.05) is 24.3 Å². The van der Waals surface area contributed by atoms with Crippen molar-refractivity contribution in [1.29, 1.82) is 0 Å². The van der Waals surface area contributed by atoms with Gasteiger partial charge >= 0.3 is 0 Å². The highest BCUT2D eigenvalue weighted by atomic mass is 16.5. The molecular formula is C24H26N4O4. The summed E-state index contributed by atoms with van der Waals surface area (Å²) in [6, 6.07) is 9.04. The van der Waals surface area contributed by atoms with E-state index in [9.17, 15) is 14.4 Å². The number of nitrogens with zero attached hydrogens (tertiary/aromatic N) is 2. The van der Waals surface area contributed by atoms with Crippen molar-refractivity contribution in [3.8, 4) is 11.1 Å². The number of aromatic amines is 1. The molecule has 1 aromatic heterocycles. The second-order valence-electron chi connectivity index (χ2n) is 8.68. The van der Waals surface area contributed by atoms with E-state index in [1.807, 2.05) is 24.3 Å². The lowest BCUT2D eigenvalue weighted by atomic mass is 9.96. The Kier molecular flexibility index (Phi) is 5.19. The maximum atomic E-state index is 12.9. The standard InChI is InChI=1S/C24H26N4O4/c25-24(14-32-15-24)23(31)28-11-9-27(10-12-28)22(30)17-7-5-16(6-8-17)19-13-18-3-1-2-4-20(18)26-21(19)29/h3-8,13H,1-2,9-12,14-15,25H2,(H,26,29). The van der Waals surface area contributed by atoms with Gasteiger partial charge in [-0.3, -0.25) is 14.4 Å². The van der Waals surface area contributed by atoms with Gasteiger partial charge in [0, 0.05) is 42.7 Å². The molecular weight excluding hydrogens is 408 g/mol. The van der Waals surface area contributed by atoms with Gasteiger partial charge in [-0.05, 0) is 41.8 Å². The summed E-state index contributed by atoms with van der Waals surface area (Å²) in [5.74, 6) is -0.189. The molecule has 32 heavy (non-hydrogen) atoms. The van der Waals surface area contributed by atoms with Crippen molar-refractivity contribution in [2.24, 2.45) is 5.73 Å². The average Bonchev–Trinajstić information content (AvgIpc) is 2.81. The van der Waals surface area contributed by atoms with Crippen molar-refractivity contribution < 1.29 is 14.3 Å². The highest BCUT2D eigenvalue weighted by molar-refractivity contribution is 5.95. The Balaban J connectivity index is 1.28. The Bertz CT molecular complexity index is 1240. The maximum Gasteiger partial charge on any atom is 0.256 e. The first-order valence-corrected chi connectivity index (χ1v) is 10.9. The molecule has 5 rings (SSSR count). The smallest absolute Gasteiger partial charge is 0.256 e. The summed E-state index contributed by atoms with van der Waals surface area (Å²) in [7, 11) is 0. The van der Waals surface area contributed by atoms with Crippen molar-refractivity contribution in [3.05, 3.63) is 56.8 Å². The molecule has 3 heterocycles. The highest BCUT2D eigenvalue weighted by Crippen LogP contribution is 2.20. The van der Waals surface area contributed by atoms with Gasteiger partial charge in [0.25, 0.3) is 11.5 Å². The van der Waals surface area contributed by atoms with E-state index in [-0.39, 0.29) is 30.6 Å². The fourth-order valence-electron chi connectivity index (χ4n) is 4.43. The minimum absolute atomic E-state index is 0.0830. The second-order valence-corrected chi connectivity index (χ2v) is 8.68. The number of nitrogens with two attached hydrogens (primary N) is 1. The van der Waals surface area contributed by atoms with Gasteiger partial charge in [0.2, 0.25) is 5.91 Å². The Labute approximate surface area is 185 Å². The van der Waals surface area contributed by atoms with Crippen LogP contribution in [0.4, 0.5) is 0 Å².